The van der Waals surface area contributed by atoms with Gasteiger partial charge in [0.2, 0.25) is 5.91 Å². The maximum atomic E-state index is 12.0. The molecule has 0 heterocycles. The van der Waals surface area contributed by atoms with Gasteiger partial charge in [-0.1, -0.05) is 15.9 Å². The van der Waals surface area contributed by atoms with Crippen molar-refractivity contribution in [3.63, 3.8) is 0 Å². The normalized spacial score (nSPS) is 10.2. The quantitative estimate of drug-likeness (QED) is 0.614. The molecule has 0 saturated carbocycles. The summed E-state index contributed by atoms with van der Waals surface area (Å²) in [5.74, 6) is 1.98. The molecule has 0 saturated heterocycles. The molecular weight excluding hydrogens is 386 g/mol. The largest absolute Gasteiger partial charge is 0.494 e. The predicted octanol–water partition coefficient (Wildman–Crippen LogP) is 4.65. The highest BCUT2D eigenvalue weighted by atomic mass is 79.9. The van der Waals surface area contributed by atoms with Crippen molar-refractivity contribution in [3.8, 4) is 17.2 Å². The van der Waals surface area contributed by atoms with E-state index in [1.54, 1.807) is 25.3 Å². The molecule has 6 heteroatoms. The second-order valence-corrected chi connectivity index (χ2v) is 6.17. The molecule has 0 aromatic heterocycles. The van der Waals surface area contributed by atoms with Crippen LogP contribution in [0.5, 0.6) is 17.2 Å². The van der Waals surface area contributed by atoms with Crippen LogP contribution in [0.3, 0.4) is 0 Å². The first-order valence-corrected chi connectivity index (χ1v) is 8.90. The zero-order valence-corrected chi connectivity index (χ0v) is 16.0. The number of carbonyl (C=O) groups is 1. The summed E-state index contributed by atoms with van der Waals surface area (Å²) in [7, 11) is 1.57. The molecule has 0 aliphatic carbocycles. The number of ether oxygens (including phenoxy) is 3. The Morgan fingerprint density at radius 3 is 2.52 bits per heavy atom. The number of rotatable bonds is 9. The maximum Gasteiger partial charge on any atom is 0.224 e. The van der Waals surface area contributed by atoms with Gasteiger partial charge in [-0.05, 0) is 49.7 Å². The van der Waals surface area contributed by atoms with Crippen LogP contribution < -0.4 is 19.5 Å². The van der Waals surface area contributed by atoms with Crippen LogP contribution in [0.15, 0.2) is 46.9 Å². The number of carbonyl (C=O) groups excluding carboxylic acids is 1. The summed E-state index contributed by atoms with van der Waals surface area (Å²) in [4.78, 5) is 12.0. The van der Waals surface area contributed by atoms with E-state index in [-0.39, 0.29) is 5.91 Å². The zero-order chi connectivity index (χ0) is 18.1. The van der Waals surface area contributed by atoms with Crippen molar-refractivity contribution in [2.75, 3.05) is 25.6 Å². The molecule has 1 amide bonds. The summed E-state index contributed by atoms with van der Waals surface area (Å²) in [6.07, 6.45) is 1.02. The van der Waals surface area contributed by atoms with Gasteiger partial charge in [-0.3, -0.25) is 4.79 Å². The van der Waals surface area contributed by atoms with Gasteiger partial charge in [0.25, 0.3) is 0 Å². The molecule has 0 radical (unpaired) electrons. The third kappa shape index (κ3) is 6.31. The number of hydrogen-bond donors (Lipinski definition) is 1. The minimum Gasteiger partial charge on any atom is -0.494 e. The first kappa shape index (κ1) is 19.1. The summed E-state index contributed by atoms with van der Waals surface area (Å²) < 4.78 is 17.3. The molecule has 2 rings (SSSR count). The number of nitrogens with one attached hydrogen (secondary N) is 1. The van der Waals surface area contributed by atoms with Crippen LogP contribution in [0.25, 0.3) is 0 Å². The highest BCUT2D eigenvalue weighted by Crippen LogP contribution is 2.30. The van der Waals surface area contributed by atoms with Crippen LogP contribution in [-0.2, 0) is 4.79 Å². The van der Waals surface area contributed by atoms with Crippen molar-refractivity contribution in [3.05, 3.63) is 46.9 Å². The van der Waals surface area contributed by atoms with Gasteiger partial charge in [0.15, 0.2) is 11.5 Å². The Kier molecular flexibility index (Phi) is 7.60. The van der Waals surface area contributed by atoms with E-state index < -0.39 is 0 Å². The molecular formula is C19H22BrNO4. The van der Waals surface area contributed by atoms with Gasteiger partial charge in [-0.15, -0.1) is 0 Å². The first-order valence-electron chi connectivity index (χ1n) is 8.11. The summed E-state index contributed by atoms with van der Waals surface area (Å²) in [5, 5.41) is 2.86. The SMILES string of the molecule is CCOc1ccc(NC(=O)CCCOc2ccc(Br)cc2)cc1OC. The molecule has 0 aliphatic heterocycles. The number of methoxy groups -OCH3 is 1. The second kappa shape index (κ2) is 9.93. The molecule has 5 nitrogen and oxygen atoms in total. The summed E-state index contributed by atoms with van der Waals surface area (Å²) in [6.45, 7) is 2.95. The lowest BCUT2D eigenvalue weighted by Crippen LogP contribution is -2.13. The monoisotopic (exact) mass is 407 g/mol. The van der Waals surface area contributed by atoms with Gasteiger partial charge in [-0.25, -0.2) is 0 Å². The lowest BCUT2D eigenvalue weighted by atomic mass is 10.2. The Balaban J connectivity index is 1.77. The Bertz CT molecular complexity index is 688. The standard InChI is InChI=1S/C19H22BrNO4/c1-3-24-17-11-8-15(13-18(17)23-2)21-19(22)5-4-12-25-16-9-6-14(20)7-10-16/h6-11,13H,3-5,12H2,1-2H3,(H,21,22). The molecule has 0 spiro atoms. The minimum absolute atomic E-state index is 0.0642. The van der Waals surface area contributed by atoms with Crippen LogP contribution in [0, 0.1) is 0 Å². The molecule has 134 valence electrons. The molecule has 2 aromatic carbocycles. The minimum atomic E-state index is -0.0642. The fourth-order valence-electron chi connectivity index (χ4n) is 2.20. The second-order valence-electron chi connectivity index (χ2n) is 5.25. The lowest BCUT2D eigenvalue weighted by molar-refractivity contribution is -0.116. The number of anilines is 1. The van der Waals surface area contributed by atoms with Crippen molar-refractivity contribution in [1.29, 1.82) is 0 Å². The van der Waals surface area contributed by atoms with E-state index in [1.165, 1.54) is 0 Å². The van der Waals surface area contributed by atoms with E-state index in [9.17, 15) is 4.79 Å². The first-order chi connectivity index (χ1) is 12.1. The fourth-order valence-corrected chi connectivity index (χ4v) is 2.46. The van der Waals surface area contributed by atoms with E-state index in [0.717, 1.165) is 10.2 Å². The summed E-state index contributed by atoms with van der Waals surface area (Å²) in [5.41, 5.74) is 0.680. The van der Waals surface area contributed by atoms with Crippen LogP contribution in [-0.4, -0.2) is 26.2 Å². The summed E-state index contributed by atoms with van der Waals surface area (Å²) in [6, 6.07) is 12.9. The molecule has 2 aromatic rings. The van der Waals surface area contributed by atoms with E-state index >= 15 is 0 Å². The molecule has 25 heavy (non-hydrogen) atoms. The number of halogens is 1. The van der Waals surface area contributed by atoms with Crippen molar-refractivity contribution in [2.24, 2.45) is 0 Å². The topological polar surface area (TPSA) is 56.8 Å². The molecule has 0 bridgehead atoms. The zero-order valence-electron chi connectivity index (χ0n) is 14.4. The summed E-state index contributed by atoms with van der Waals surface area (Å²) >= 11 is 3.38. The Morgan fingerprint density at radius 1 is 1.08 bits per heavy atom. The third-order valence-electron chi connectivity index (χ3n) is 3.38. The fraction of sp³-hybridized carbons (Fsp3) is 0.316. The van der Waals surface area contributed by atoms with Gasteiger partial charge in [-0.2, -0.15) is 0 Å². The van der Waals surface area contributed by atoms with E-state index in [2.05, 4.69) is 21.2 Å². The number of benzene rings is 2. The van der Waals surface area contributed by atoms with Crippen LogP contribution >= 0.6 is 15.9 Å². The van der Waals surface area contributed by atoms with Crippen molar-refractivity contribution in [1.82, 2.24) is 0 Å². The average molecular weight is 408 g/mol. The van der Waals surface area contributed by atoms with E-state index in [4.69, 9.17) is 14.2 Å². The Hall–Kier alpha value is -2.21. The molecule has 0 fully saturated rings. The van der Waals surface area contributed by atoms with E-state index in [0.29, 0.717) is 43.2 Å². The Labute approximate surface area is 156 Å². The van der Waals surface area contributed by atoms with Gasteiger partial charge < -0.3 is 19.5 Å². The third-order valence-corrected chi connectivity index (χ3v) is 3.91. The predicted molar refractivity (Wildman–Crippen MR) is 102 cm³/mol. The average Bonchev–Trinajstić information content (AvgIpc) is 2.61. The van der Waals surface area contributed by atoms with Gasteiger partial charge in [0.05, 0.1) is 20.3 Å². The van der Waals surface area contributed by atoms with Crippen LogP contribution in [0.4, 0.5) is 5.69 Å². The molecule has 0 unspecified atom stereocenters. The smallest absolute Gasteiger partial charge is 0.224 e. The van der Waals surface area contributed by atoms with Crippen molar-refractivity contribution in [2.45, 2.75) is 19.8 Å². The van der Waals surface area contributed by atoms with Crippen LogP contribution in [0.1, 0.15) is 19.8 Å². The highest BCUT2D eigenvalue weighted by Gasteiger charge is 2.08. The lowest BCUT2D eigenvalue weighted by Gasteiger charge is -2.12. The van der Waals surface area contributed by atoms with Gasteiger partial charge in [0, 0.05) is 22.6 Å². The van der Waals surface area contributed by atoms with Gasteiger partial charge >= 0.3 is 0 Å². The van der Waals surface area contributed by atoms with Crippen molar-refractivity contribution >= 4 is 27.5 Å². The number of amides is 1. The maximum absolute atomic E-state index is 12.0. The number of hydrogen-bond acceptors (Lipinski definition) is 4. The molecule has 1 N–H and O–H groups in total. The van der Waals surface area contributed by atoms with Crippen molar-refractivity contribution < 1.29 is 19.0 Å². The van der Waals surface area contributed by atoms with Gasteiger partial charge in [0.1, 0.15) is 5.75 Å². The Morgan fingerprint density at radius 2 is 1.84 bits per heavy atom. The van der Waals surface area contributed by atoms with E-state index in [1.807, 2.05) is 31.2 Å². The van der Waals surface area contributed by atoms with Crippen LogP contribution in [0.2, 0.25) is 0 Å². The molecule has 0 aliphatic rings. The molecule has 0 atom stereocenters. The highest BCUT2D eigenvalue weighted by molar-refractivity contribution is 9.10.